The van der Waals surface area contributed by atoms with Crippen molar-refractivity contribution in [2.75, 3.05) is 0 Å². The summed E-state index contributed by atoms with van der Waals surface area (Å²) in [6.07, 6.45) is 7.03. The van der Waals surface area contributed by atoms with E-state index in [1.54, 1.807) is 6.20 Å². The second-order valence-corrected chi connectivity index (χ2v) is 3.94. The molecule has 1 aromatic rings. The van der Waals surface area contributed by atoms with Crippen molar-refractivity contribution in [1.29, 1.82) is 0 Å². The van der Waals surface area contributed by atoms with Gasteiger partial charge in [-0.05, 0) is 26.2 Å². The van der Waals surface area contributed by atoms with E-state index in [-0.39, 0.29) is 0 Å². The van der Waals surface area contributed by atoms with Crippen LogP contribution in [0.25, 0.3) is 0 Å². The zero-order valence-electron chi connectivity index (χ0n) is 8.98. The van der Waals surface area contributed by atoms with Crippen LogP contribution in [0.5, 0.6) is 0 Å². The number of hydrogen-bond acceptors (Lipinski definition) is 2. The van der Waals surface area contributed by atoms with Crippen LogP contribution in [-0.2, 0) is 0 Å². The molecular weight excluding hydrogens is 188 g/mol. The van der Waals surface area contributed by atoms with Crippen LogP contribution in [0.4, 0.5) is 0 Å². The molecule has 1 heterocycles. The summed E-state index contributed by atoms with van der Waals surface area (Å²) in [6.45, 7) is 1.82. The van der Waals surface area contributed by atoms with E-state index in [4.69, 9.17) is 0 Å². The predicted octanol–water partition coefficient (Wildman–Crippen LogP) is 2.05. The third-order valence-electron chi connectivity index (χ3n) is 2.70. The Hall–Kier alpha value is -1.27. The maximum atomic E-state index is 9.96. The molecule has 2 rings (SSSR count). The third kappa shape index (κ3) is 2.40. The van der Waals surface area contributed by atoms with Gasteiger partial charge in [0.1, 0.15) is 0 Å². The van der Waals surface area contributed by atoms with Gasteiger partial charge < -0.3 is 9.67 Å². The molecule has 0 spiro atoms. The van der Waals surface area contributed by atoms with Gasteiger partial charge in [-0.15, -0.1) is 11.8 Å². The monoisotopic (exact) mass is 204 g/mol. The molecule has 0 amide bonds. The van der Waals surface area contributed by atoms with Crippen LogP contribution in [0.1, 0.15) is 50.4 Å². The lowest BCUT2D eigenvalue weighted by atomic mass is 10.1. The number of imidazole rings is 1. The lowest BCUT2D eigenvalue weighted by Crippen LogP contribution is -2.05. The number of aliphatic hydroxyl groups is 1. The Kier molecular flexibility index (Phi) is 3.08. The minimum atomic E-state index is -0.422. The van der Waals surface area contributed by atoms with E-state index in [0.717, 1.165) is 12.1 Å². The maximum absolute atomic E-state index is 9.96. The summed E-state index contributed by atoms with van der Waals surface area (Å²) in [6, 6.07) is 0.578. The van der Waals surface area contributed by atoms with Crippen molar-refractivity contribution in [2.24, 2.45) is 0 Å². The Labute approximate surface area is 90.1 Å². The Morgan fingerprint density at radius 3 is 3.13 bits per heavy atom. The van der Waals surface area contributed by atoms with Crippen LogP contribution in [0, 0.1) is 11.8 Å². The van der Waals surface area contributed by atoms with Crippen LogP contribution in [0.3, 0.4) is 0 Å². The van der Waals surface area contributed by atoms with E-state index in [1.807, 2.05) is 13.3 Å². The van der Waals surface area contributed by atoms with Crippen molar-refractivity contribution in [3.8, 4) is 11.8 Å². The fraction of sp³-hybridized carbons (Fsp3) is 0.583. The summed E-state index contributed by atoms with van der Waals surface area (Å²) in [5.41, 5.74) is 0.940. The zero-order valence-corrected chi connectivity index (χ0v) is 8.98. The molecule has 1 saturated carbocycles. The summed E-state index contributed by atoms with van der Waals surface area (Å²) < 4.78 is 2.10. The zero-order chi connectivity index (χ0) is 10.7. The molecule has 3 heteroatoms. The Morgan fingerprint density at radius 1 is 1.67 bits per heavy atom. The highest BCUT2D eigenvalue weighted by molar-refractivity contribution is 5.08. The fourth-order valence-electron chi connectivity index (χ4n) is 1.71. The smallest absolute Gasteiger partial charge is 0.0965 e. The van der Waals surface area contributed by atoms with Gasteiger partial charge in [-0.3, -0.25) is 0 Å². The largest absolute Gasteiger partial charge is 0.387 e. The standard InChI is InChI=1S/C12H16N2O/c1-2-3-4-5-12(15)11-8-13-9-14(11)10-6-7-10/h8-10,12,15H,4-7H2,1H3. The number of aromatic nitrogens is 2. The molecule has 0 bridgehead atoms. The summed E-state index contributed by atoms with van der Waals surface area (Å²) in [5.74, 6) is 5.80. The topological polar surface area (TPSA) is 38.1 Å². The van der Waals surface area contributed by atoms with Gasteiger partial charge in [0.15, 0.2) is 0 Å². The molecule has 0 aromatic carbocycles. The highest BCUT2D eigenvalue weighted by Gasteiger charge is 2.27. The normalized spacial score (nSPS) is 16.9. The molecule has 1 unspecified atom stereocenters. The van der Waals surface area contributed by atoms with E-state index in [2.05, 4.69) is 21.4 Å². The summed E-state index contributed by atoms with van der Waals surface area (Å²) in [7, 11) is 0. The van der Waals surface area contributed by atoms with E-state index in [1.165, 1.54) is 12.8 Å². The maximum Gasteiger partial charge on any atom is 0.0965 e. The van der Waals surface area contributed by atoms with Crippen LogP contribution < -0.4 is 0 Å². The molecule has 1 atom stereocenters. The van der Waals surface area contributed by atoms with Crippen molar-refractivity contribution < 1.29 is 5.11 Å². The van der Waals surface area contributed by atoms with Crippen molar-refractivity contribution in [2.45, 2.75) is 44.8 Å². The van der Waals surface area contributed by atoms with Gasteiger partial charge in [0.05, 0.1) is 24.3 Å². The highest BCUT2D eigenvalue weighted by atomic mass is 16.3. The average molecular weight is 204 g/mol. The molecule has 3 nitrogen and oxygen atoms in total. The molecule has 15 heavy (non-hydrogen) atoms. The van der Waals surface area contributed by atoms with Gasteiger partial charge in [-0.2, -0.15) is 0 Å². The minimum Gasteiger partial charge on any atom is -0.387 e. The van der Waals surface area contributed by atoms with E-state index < -0.39 is 6.10 Å². The Morgan fingerprint density at radius 2 is 2.47 bits per heavy atom. The molecule has 0 aliphatic heterocycles. The second-order valence-electron chi connectivity index (χ2n) is 3.94. The average Bonchev–Trinajstić information content (AvgIpc) is 2.96. The van der Waals surface area contributed by atoms with Crippen LogP contribution in [0.15, 0.2) is 12.5 Å². The van der Waals surface area contributed by atoms with Crippen molar-refractivity contribution in [3.63, 3.8) is 0 Å². The molecule has 1 aliphatic carbocycles. The molecule has 0 radical (unpaired) electrons. The van der Waals surface area contributed by atoms with Crippen molar-refractivity contribution in [1.82, 2.24) is 9.55 Å². The van der Waals surface area contributed by atoms with Crippen LogP contribution in [0.2, 0.25) is 0 Å². The number of hydrogen-bond donors (Lipinski definition) is 1. The first-order valence-electron chi connectivity index (χ1n) is 5.42. The third-order valence-corrected chi connectivity index (χ3v) is 2.70. The first-order chi connectivity index (χ1) is 7.33. The van der Waals surface area contributed by atoms with Gasteiger partial charge >= 0.3 is 0 Å². The van der Waals surface area contributed by atoms with E-state index in [0.29, 0.717) is 12.5 Å². The van der Waals surface area contributed by atoms with Crippen LogP contribution >= 0.6 is 0 Å². The Balaban J connectivity index is 1.99. The molecule has 0 saturated heterocycles. The molecule has 1 aromatic heterocycles. The highest BCUT2D eigenvalue weighted by Crippen LogP contribution is 2.37. The molecular formula is C12H16N2O. The minimum absolute atomic E-state index is 0.422. The first kappa shape index (κ1) is 10.3. The lowest BCUT2D eigenvalue weighted by Gasteiger charge is -2.11. The summed E-state index contributed by atoms with van der Waals surface area (Å²) in [5, 5.41) is 9.96. The van der Waals surface area contributed by atoms with Gasteiger partial charge in [0.25, 0.3) is 0 Å². The second kappa shape index (κ2) is 4.50. The number of aliphatic hydroxyl groups excluding tert-OH is 1. The van der Waals surface area contributed by atoms with E-state index in [9.17, 15) is 5.11 Å². The molecule has 1 fully saturated rings. The fourth-order valence-corrected chi connectivity index (χ4v) is 1.71. The summed E-state index contributed by atoms with van der Waals surface area (Å²) in [4.78, 5) is 4.10. The lowest BCUT2D eigenvalue weighted by molar-refractivity contribution is 0.160. The Bertz CT molecular complexity index is 382. The van der Waals surface area contributed by atoms with Gasteiger partial charge in [-0.25, -0.2) is 4.98 Å². The first-order valence-corrected chi connectivity index (χ1v) is 5.42. The summed E-state index contributed by atoms with van der Waals surface area (Å²) >= 11 is 0. The number of nitrogens with zero attached hydrogens (tertiary/aromatic N) is 2. The SMILES string of the molecule is CC#CCCC(O)c1cncn1C1CC1. The van der Waals surface area contributed by atoms with Gasteiger partial charge in [-0.1, -0.05) is 0 Å². The molecule has 1 N–H and O–H groups in total. The quantitative estimate of drug-likeness (QED) is 0.762. The van der Waals surface area contributed by atoms with Crippen LogP contribution in [-0.4, -0.2) is 14.7 Å². The van der Waals surface area contributed by atoms with Crippen molar-refractivity contribution >= 4 is 0 Å². The van der Waals surface area contributed by atoms with Gasteiger partial charge in [0, 0.05) is 12.5 Å². The van der Waals surface area contributed by atoms with E-state index >= 15 is 0 Å². The molecule has 1 aliphatic rings. The van der Waals surface area contributed by atoms with Gasteiger partial charge in [0.2, 0.25) is 0 Å². The predicted molar refractivity (Wildman–Crippen MR) is 58.1 cm³/mol. The molecule has 80 valence electrons. The number of rotatable bonds is 4. The van der Waals surface area contributed by atoms with Crippen molar-refractivity contribution in [3.05, 3.63) is 18.2 Å².